The average molecular weight is 176 g/mol. The van der Waals surface area contributed by atoms with E-state index in [0.29, 0.717) is 0 Å². The standard InChI is InChI=1S/C9H12N4/c1-2-4-8(5-3-1)6-7-9-10-12-13-11-9/h1-5,12-13H,6-7H2,(H,10,11). The van der Waals surface area contributed by atoms with Crippen LogP contribution in [0.2, 0.25) is 0 Å². The molecule has 0 aliphatic carbocycles. The van der Waals surface area contributed by atoms with Gasteiger partial charge in [0.25, 0.3) is 0 Å². The van der Waals surface area contributed by atoms with Crippen molar-refractivity contribution in [3.8, 4) is 0 Å². The zero-order valence-corrected chi connectivity index (χ0v) is 7.25. The Morgan fingerprint density at radius 2 is 1.92 bits per heavy atom. The number of hydrazone groups is 1. The van der Waals surface area contributed by atoms with Gasteiger partial charge in [0, 0.05) is 6.42 Å². The summed E-state index contributed by atoms with van der Waals surface area (Å²) in [5.74, 6) is 0.948. The third-order valence-electron chi connectivity index (χ3n) is 1.95. The lowest BCUT2D eigenvalue weighted by molar-refractivity contribution is 0.576. The predicted octanol–water partition coefficient (Wildman–Crippen LogP) is 0.545. The van der Waals surface area contributed by atoms with E-state index in [-0.39, 0.29) is 0 Å². The normalized spacial score (nSPS) is 14.6. The number of rotatable bonds is 3. The Hall–Kier alpha value is -1.55. The molecular formula is C9H12N4. The third-order valence-corrected chi connectivity index (χ3v) is 1.95. The van der Waals surface area contributed by atoms with Gasteiger partial charge >= 0.3 is 0 Å². The first-order valence-electron chi connectivity index (χ1n) is 4.32. The molecule has 1 heterocycles. The Kier molecular flexibility index (Phi) is 2.43. The van der Waals surface area contributed by atoms with Crippen molar-refractivity contribution in [2.75, 3.05) is 0 Å². The van der Waals surface area contributed by atoms with E-state index in [1.807, 2.05) is 6.07 Å². The van der Waals surface area contributed by atoms with Crippen LogP contribution in [0.3, 0.4) is 0 Å². The predicted molar refractivity (Wildman–Crippen MR) is 51.6 cm³/mol. The van der Waals surface area contributed by atoms with E-state index in [0.717, 1.165) is 18.7 Å². The van der Waals surface area contributed by atoms with Gasteiger partial charge in [0.2, 0.25) is 0 Å². The van der Waals surface area contributed by atoms with Gasteiger partial charge in [-0.25, -0.2) is 5.53 Å². The molecule has 1 aliphatic rings. The highest BCUT2D eigenvalue weighted by Gasteiger charge is 2.03. The number of hydrogen-bond acceptors (Lipinski definition) is 4. The Balaban J connectivity index is 1.86. The summed E-state index contributed by atoms with van der Waals surface area (Å²) in [6.45, 7) is 0. The van der Waals surface area contributed by atoms with Gasteiger partial charge in [0.05, 0.1) is 0 Å². The molecule has 0 aromatic heterocycles. The molecule has 0 unspecified atom stereocenters. The second kappa shape index (κ2) is 3.91. The van der Waals surface area contributed by atoms with Crippen LogP contribution < -0.4 is 16.5 Å². The maximum absolute atomic E-state index is 4.00. The molecule has 3 N–H and O–H groups in total. The lowest BCUT2D eigenvalue weighted by Gasteiger charge is -2.00. The number of nitrogens with zero attached hydrogens (tertiary/aromatic N) is 1. The molecule has 0 spiro atoms. The lowest BCUT2D eigenvalue weighted by Crippen LogP contribution is -2.35. The van der Waals surface area contributed by atoms with E-state index < -0.39 is 0 Å². The van der Waals surface area contributed by atoms with Gasteiger partial charge in [-0.2, -0.15) is 0 Å². The molecule has 1 aliphatic heterocycles. The fourth-order valence-corrected chi connectivity index (χ4v) is 1.25. The average Bonchev–Trinajstić information content (AvgIpc) is 2.69. The molecule has 68 valence electrons. The van der Waals surface area contributed by atoms with Crippen molar-refractivity contribution in [1.29, 1.82) is 0 Å². The van der Waals surface area contributed by atoms with Gasteiger partial charge in [0.1, 0.15) is 5.84 Å². The first kappa shape index (κ1) is 8.07. The van der Waals surface area contributed by atoms with E-state index in [1.165, 1.54) is 5.56 Å². The van der Waals surface area contributed by atoms with Gasteiger partial charge in [-0.15, -0.1) is 10.6 Å². The summed E-state index contributed by atoms with van der Waals surface area (Å²) in [5, 5.41) is 4.00. The molecule has 4 nitrogen and oxygen atoms in total. The first-order chi connectivity index (χ1) is 6.45. The number of aryl methyl sites for hydroxylation is 1. The van der Waals surface area contributed by atoms with Crippen LogP contribution in [-0.2, 0) is 6.42 Å². The summed E-state index contributed by atoms with van der Waals surface area (Å²) in [6.07, 6.45) is 1.93. The summed E-state index contributed by atoms with van der Waals surface area (Å²) in [5.41, 5.74) is 9.59. The maximum Gasteiger partial charge on any atom is 0.139 e. The molecule has 0 atom stereocenters. The van der Waals surface area contributed by atoms with E-state index >= 15 is 0 Å². The molecule has 0 fully saturated rings. The van der Waals surface area contributed by atoms with Crippen molar-refractivity contribution < 1.29 is 0 Å². The summed E-state index contributed by atoms with van der Waals surface area (Å²) in [4.78, 5) is 0. The first-order valence-corrected chi connectivity index (χ1v) is 4.32. The van der Waals surface area contributed by atoms with Crippen LogP contribution in [0.15, 0.2) is 35.4 Å². The quantitative estimate of drug-likeness (QED) is 0.630. The van der Waals surface area contributed by atoms with Gasteiger partial charge in [-0.1, -0.05) is 30.3 Å². The second-order valence-electron chi connectivity index (χ2n) is 2.91. The highest BCUT2D eigenvalue weighted by atomic mass is 15.8. The van der Waals surface area contributed by atoms with E-state index in [1.54, 1.807) is 0 Å². The molecule has 4 heteroatoms. The zero-order chi connectivity index (χ0) is 8.93. The maximum atomic E-state index is 4.00. The Morgan fingerprint density at radius 3 is 2.62 bits per heavy atom. The molecule has 1 aromatic rings. The van der Waals surface area contributed by atoms with Gasteiger partial charge in [-0.05, 0) is 12.0 Å². The smallest absolute Gasteiger partial charge is 0.139 e. The van der Waals surface area contributed by atoms with Crippen LogP contribution in [0.5, 0.6) is 0 Å². The minimum absolute atomic E-state index is 0.921. The largest absolute Gasteiger partial charge is 0.289 e. The van der Waals surface area contributed by atoms with E-state index in [4.69, 9.17) is 0 Å². The van der Waals surface area contributed by atoms with Crippen molar-refractivity contribution in [2.24, 2.45) is 5.10 Å². The van der Waals surface area contributed by atoms with Crippen LogP contribution in [0.25, 0.3) is 0 Å². The number of hydrazine groups is 2. The van der Waals surface area contributed by atoms with E-state index in [9.17, 15) is 0 Å². The minimum atomic E-state index is 0.921. The van der Waals surface area contributed by atoms with E-state index in [2.05, 4.69) is 45.9 Å². The molecule has 0 amide bonds. The van der Waals surface area contributed by atoms with Crippen molar-refractivity contribution in [2.45, 2.75) is 12.8 Å². The monoisotopic (exact) mass is 176 g/mol. The highest BCUT2D eigenvalue weighted by molar-refractivity contribution is 5.82. The van der Waals surface area contributed by atoms with Crippen molar-refractivity contribution in [3.63, 3.8) is 0 Å². The van der Waals surface area contributed by atoms with Gasteiger partial charge in [0.15, 0.2) is 0 Å². The summed E-state index contributed by atoms with van der Waals surface area (Å²) >= 11 is 0. The molecule has 0 radical (unpaired) electrons. The van der Waals surface area contributed by atoms with Crippen molar-refractivity contribution >= 4 is 5.84 Å². The Labute approximate surface area is 77.0 Å². The van der Waals surface area contributed by atoms with Crippen molar-refractivity contribution in [3.05, 3.63) is 35.9 Å². The van der Waals surface area contributed by atoms with Crippen LogP contribution in [0.4, 0.5) is 0 Å². The summed E-state index contributed by atoms with van der Waals surface area (Å²) < 4.78 is 0. The molecule has 1 aromatic carbocycles. The topological polar surface area (TPSA) is 48.5 Å². The SMILES string of the molecule is c1ccc(CCC2=NNNN2)cc1. The van der Waals surface area contributed by atoms with Crippen LogP contribution >= 0.6 is 0 Å². The van der Waals surface area contributed by atoms with Gasteiger partial charge < -0.3 is 0 Å². The number of amidine groups is 1. The van der Waals surface area contributed by atoms with Crippen LogP contribution in [-0.4, -0.2) is 5.84 Å². The Morgan fingerprint density at radius 1 is 1.08 bits per heavy atom. The fourth-order valence-electron chi connectivity index (χ4n) is 1.25. The zero-order valence-electron chi connectivity index (χ0n) is 7.25. The minimum Gasteiger partial charge on any atom is -0.289 e. The number of benzene rings is 1. The number of nitrogens with one attached hydrogen (secondary N) is 3. The summed E-state index contributed by atoms with van der Waals surface area (Å²) in [6, 6.07) is 10.4. The third kappa shape index (κ3) is 2.19. The molecule has 13 heavy (non-hydrogen) atoms. The second-order valence-corrected chi connectivity index (χ2v) is 2.91. The fraction of sp³-hybridized carbons (Fsp3) is 0.222. The van der Waals surface area contributed by atoms with Gasteiger partial charge in [-0.3, -0.25) is 5.43 Å². The van der Waals surface area contributed by atoms with Crippen LogP contribution in [0.1, 0.15) is 12.0 Å². The van der Waals surface area contributed by atoms with Crippen LogP contribution in [0, 0.1) is 0 Å². The molecular weight excluding hydrogens is 164 g/mol. The Bertz CT molecular complexity index is 294. The molecule has 0 saturated heterocycles. The number of hydrogen-bond donors (Lipinski definition) is 3. The van der Waals surface area contributed by atoms with Crippen molar-refractivity contribution in [1.82, 2.24) is 16.5 Å². The lowest BCUT2D eigenvalue weighted by atomic mass is 10.1. The molecule has 0 saturated carbocycles. The summed E-state index contributed by atoms with van der Waals surface area (Å²) in [7, 11) is 0. The highest BCUT2D eigenvalue weighted by Crippen LogP contribution is 2.02. The molecule has 2 rings (SSSR count). The molecule has 0 bridgehead atoms.